The Bertz CT molecular complexity index is 468. The smallest absolute Gasteiger partial charge is 0.203 e. The number of aromatic nitrogens is 4. The Kier molecular flexibility index (Phi) is 2.94. The van der Waals surface area contributed by atoms with Crippen molar-refractivity contribution in [3.8, 4) is 0 Å². The summed E-state index contributed by atoms with van der Waals surface area (Å²) in [5.41, 5.74) is 2.21. The zero-order valence-electron chi connectivity index (χ0n) is 9.94. The van der Waals surface area contributed by atoms with Crippen molar-refractivity contribution in [2.75, 3.05) is 11.9 Å². The number of nitrogens with one attached hydrogen (secondary N) is 1. The molecule has 0 aliphatic rings. The quantitative estimate of drug-likeness (QED) is 0.845. The van der Waals surface area contributed by atoms with E-state index in [1.165, 1.54) is 5.56 Å². The van der Waals surface area contributed by atoms with Gasteiger partial charge in [-0.3, -0.25) is 4.68 Å². The average Bonchev–Trinajstić information content (AvgIpc) is 2.76. The molecule has 2 aromatic rings. The normalized spacial score (nSPS) is 10.7. The van der Waals surface area contributed by atoms with E-state index in [9.17, 15) is 0 Å². The van der Waals surface area contributed by atoms with Crippen LogP contribution in [0.3, 0.4) is 0 Å². The van der Waals surface area contributed by atoms with Gasteiger partial charge in [-0.05, 0) is 13.8 Å². The number of nitrogens with zero attached hydrogens (tertiary/aromatic N) is 4. The zero-order valence-corrected chi connectivity index (χ0v) is 9.94. The molecule has 2 aromatic heterocycles. The van der Waals surface area contributed by atoms with E-state index in [0.29, 0.717) is 0 Å². The lowest BCUT2D eigenvalue weighted by molar-refractivity contribution is 0.762. The summed E-state index contributed by atoms with van der Waals surface area (Å²) >= 11 is 0. The van der Waals surface area contributed by atoms with Gasteiger partial charge in [-0.2, -0.15) is 5.10 Å². The Morgan fingerprint density at radius 2 is 2.19 bits per heavy atom. The Hall–Kier alpha value is -1.78. The van der Waals surface area contributed by atoms with E-state index in [4.69, 9.17) is 0 Å². The van der Waals surface area contributed by atoms with Gasteiger partial charge in [-0.1, -0.05) is 0 Å². The van der Waals surface area contributed by atoms with E-state index in [0.717, 1.165) is 24.7 Å². The van der Waals surface area contributed by atoms with Crippen LogP contribution in [0, 0.1) is 6.92 Å². The first-order valence-electron chi connectivity index (χ1n) is 5.44. The molecule has 0 bridgehead atoms. The Morgan fingerprint density at radius 1 is 1.38 bits per heavy atom. The highest BCUT2D eigenvalue weighted by Gasteiger charge is 2.05. The third-order valence-electron chi connectivity index (χ3n) is 2.34. The minimum atomic E-state index is 0.803. The van der Waals surface area contributed by atoms with Gasteiger partial charge in [0, 0.05) is 31.5 Å². The number of hydrogen-bond donors (Lipinski definition) is 1. The molecule has 0 spiro atoms. The summed E-state index contributed by atoms with van der Waals surface area (Å²) < 4.78 is 3.92. The molecular formula is C11H17N5. The molecule has 16 heavy (non-hydrogen) atoms. The summed E-state index contributed by atoms with van der Waals surface area (Å²) in [6, 6.07) is 0. The highest BCUT2D eigenvalue weighted by Crippen LogP contribution is 2.11. The van der Waals surface area contributed by atoms with Gasteiger partial charge in [-0.15, -0.1) is 0 Å². The van der Waals surface area contributed by atoms with Gasteiger partial charge >= 0.3 is 0 Å². The van der Waals surface area contributed by atoms with Crippen molar-refractivity contribution in [3.05, 3.63) is 29.8 Å². The minimum Gasteiger partial charge on any atom is -0.356 e. The summed E-state index contributed by atoms with van der Waals surface area (Å²) in [4.78, 5) is 4.43. The van der Waals surface area contributed by atoms with Gasteiger partial charge in [0.2, 0.25) is 5.95 Å². The molecule has 0 unspecified atom stereocenters. The third kappa shape index (κ3) is 2.24. The summed E-state index contributed by atoms with van der Waals surface area (Å²) in [5.74, 6) is 0.920. The third-order valence-corrected chi connectivity index (χ3v) is 2.34. The monoisotopic (exact) mass is 219 g/mol. The van der Waals surface area contributed by atoms with Crippen LogP contribution in [0.2, 0.25) is 0 Å². The highest BCUT2D eigenvalue weighted by molar-refractivity contribution is 5.29. The molecule has 0 saturated carbocycles. The zero-order chi connectivity index (χ0) is 11.5. The van der Waals surface area contributed by atoms with Crippen LogP contribution < -0.4 is 5.32 Å². The van der Waals surface area contributed by atoms with Gasteiger partial charge < -0.3 is 9.88 Å². The van der Waals surface area contributed by atoms with Crippen LogP contribution in [-0.2, 0) is 13.6 Å². The largest absolute Gasteiger partial charge is 0.356 e. The molecule has 86 valence electrons. The number of imidazole rings is 1. The Balaban J connectivity index is 2.19. The molecule has 2 rings (SSSR count). The minimum absolute atomic E-state index is 0.803. The summed E-state index contributed by atoms with van der Waals surface area (Å²) in [5, 5.41) is 7.41. The summed E-state index contributed by atoms with van der Waals surface area (Å²) in [7, 11) is 1.92. The van der Waals surface area contributed by atoms with E-state index in [1.54, 1.807) is 0 Å². The summed E-state index contributed by atoms with van der Waals surface area (Å²) in [6.45, 7) is 5.75. The molecule has 5 nitrogen and oxygen atoms in total. The molecule has 0 saturated heterocycles. The number of aryl methyl sites for hydroxylation is 2. The summed E-state index contributed by atoms with van der Waals surface area (Å²) in [6.07, 6.45) is 5.95. The van der Waals surface area contributed by atoms with E-state index < -0.39 is 0 Å². The number of rotatable bonds is 4. The fourth-order valence-electron chi connectivity index (χ4n) is 1.72. The van der Waals surface area contributed by atoms with Gasteiger partial charge in [0.15, 0.2) is 0 Å². The van der Waals surface area contributed by atoms with Gasteiger partial charge in [0.25, 0.3) is 0 Å². The molecule has 0 amide bonds. The number of hydrogen-bond acceptors (Lipinski definition) is 3. The van der Waals surface area contributed by atoms with E-state index in [-0.39, 0.29) is 0 Å². The maximum absolute atomic E-state index is 4.43. The van der Waals surface area contributed by atoms with Crippen molar-refractivity contribution in [2.24, 2.45) is 7.05 Å². The molecule has 0 aromatic carbocycles. The molecule has 5 heteroatoms. The molecular weight excluding hydrogens is 202 g/mol. The van der Waals surface area contributed by atoms with Crippen LogP contribution in [0.5, 0.6) is 0 Å². The first-order chi connectivity index (χ1) is 7.69. The molecule has 0 aliphatic carbocycles. The fraction of sp³-hybridized carbons (Fsp3) is 0.455. The molecule has 0 atom stereocenters. The van der Waals surface area contributed by atoms with Crippen LogP contribution >= 0.6 is 0 Å². The fourth-order valence-corrected chi connectivity index (χ4v) is 1.72. The van der Waals surface area contributed by atoms with Gasteiger partial charge in [-0.25, -0.2) is 4.98 Å². The maximum Gasteiger partial charge on any atom is 0.203 e. The van der Waals surface area contributed by atoms with Crippen LogP contribution in [-0.4, -0.2) is 25.9 Å². The second kappa shape index (κ2) is 4.38. The lowest BCUT2D eigenvalue weighted by Crippen LogP contribution is -2.06. The lowest BCUT2D eigenvalue weighted by Gasteiger charge is -2.06. The average molecular weight is 219 g/mol. The standard InChI is InChI=1S/C11H17N5/c1-4-12-11-14-9(2)6-16(11)8-10-5-13-15(3)7-10/h5-7H,4,8H2,1-3H3,(H,12,14). The van der Waals surface area contributed by atoms with Crippen molar-refractivity contribution >= 4 is 5.95 Å². The molecule has 2 heterocycles. The molecule has 0 radical (unpaired) electrons. The highest BCUT2D eigenvalue weighted by atomic mass is 15.2. The lowest BCUT2D eigenvalue weighted by atomic mass is 10.3. The van der Waals surface area contributed by atoms with Crippen LogP contribution in [0.1, 0.15) is 18.2 Å². The topological polar surface area (TPSA) is 47.7 Å². The molecule has 0 fully saturated rings. The van der Waals surface area contributed by atoms with E-state index in [2.05, 4.69) is 26.9 Å². The number of anilines is 1. The second-order valence-electron chi connectivity index (χ2n) is 3.89. The van der Waals surface area contributed by atoms with Crippen LogP contribution in [0.15, 0.2) is 18.6 Å². The van der Waals surface area contributed by atoms with Crippen molar-refractivity contribution in [3.63, 3.8) is 0 Å². The Morgan fingerprint density at radius 3 is 2.81 bits per heavy atom. The second-order valence-corrected chi connectivity index (χ2v) is 3.89. The van der Waals surface area contributed by atoms with Crippen molar-refractivity contribution in [1.29, 1.82) is 0 Å². The molecule has 0 aliphatic heterocycles. The van der Waals surface area contributed by atoms with Gasteiger partial charge in [0.05, 0.1) is 18.4 Å². The SMILES string of the molecule is CCNc1nc(C)cn1Cc1cnn(C)c1. The Labute approximate surface area is 95.1 Å². The predicted octanol–water partition coefficient (Wildman–Crippen LogP) is 1.41. The molecule has 1 N–H and O–H groups in total. The first-order valence-corrected chi connectivity index (χ1v) is 5.44. The van der Waals surface area contributed by atoms with Crippen molar-refractivity contribution in [2.45, 2.75) is 20.4 Å². The maximum atomic E-state index is 4.43. The first kappa shape index (κ1) is 10.7. The van der Waals surface area contributed by atoms with Gasteiger partial charge in [0.1, 0.15) is 0 Å². The van der Waals surface area contributed by atoms with Crippen molar-refractivity contribution in [1.82, 2.24) is 19.3 Å². The van der Waals surface area contributed by atoms with Crippen LogP contribution in [0.4, 0.5) is 5.95 Å². The van der Waals surface area contributed by atoms with Crippen LogP contribution in [0.25, 0.3) is 0 Å². The predicted molar refractivity (Wildman–Crippen MR) is 63.4 cm³/mol. The van der Waals surface area contributed by atoms with E-state index >= 15 is 0 Å². The van der Waals surface area contributed by atoms with E-state index in [1.807, 2.05) is 37.2 Å². The van der Waals surface area contributed by atoms with Crippen molar-refractivity contribution < 1.29 is 0 Å².